The maximum atomic E-state index is 12.4. The molecule has 1 fully saturated rings. The molecular formula is C18H21N3O2. The van der Waals surface area contributed by atoms with Gasteiger partial charge in [0, 0.05) is 29.2 Å². The van der Waals surface area contributed by atoms with Gasteiger partial charge in [0.25, 0.3) is 0 Å². The second-order valence-corrected chi connectivity index (χ2v) is 6.34. The monoisotopic (exact) mass is 311 g/mol. The fourth-order valence-corrected chi connectivity index (χ4v) is 3.26. The molecule has 0 bridgehead atoms. The van der Waals surface area contributed by atoms with E-state index in [-0.39, 0.29) is 30.2 Å². The minimum Gasteiger partial charge on any atom is -0.332 e. The Balaban J connectivity index is 1.65. The van der Waals surface area contributed by atoms with E-state index in [0.29, 0.717) is 0 Å². The fraction of sp³-hybridized carbons (Fsp3) is 0.444. The molecule has 3 heterocycles. The average molecular weight is 311 g/mol. The van der Waals surface area contributed by atoms with Crippen LogP contribution in [-0.2, 0) is 16.0 Å². The number of aryl methyl sites for hydroxylation is 1. The molecule has 0 aliphatic carbocycles. The van der Waals surface area contributed by atoms with Crippen LogP contribution in [0.3, 0.4) is 0 Å². The number of fused-ring (bicyclic) bond motifs is 1. The minimum absolute atomic E-state index is 0.00872. The Morgan fingerprint density at radius 2 is 2.17 bits per heavy atom. The van der Waals surface area contributed by atoms with Crippen molar-refractivity contribution in [3.63, 3.8) is 0 Å². The molecule has 2 atom stereocenters. The quantitative estimate of drug-likeness (QED) is 0.850. The van der Waals surface area contributed by atoms with Gasteiger partial charge in [-0.1, -0.05) is 0 Å². The van der Waals surface area contributed by atoms with E-state index in [2.05, 4.69) is 9.97 Å². The molecule has 2 aromatic heterocycles. The van der Waals surface area contributed by atoms with Crippen molar-refractivity contribution in [2.24, 2.45) is 5.92 Å². The molecule has 0 saturated carbocycles. The van der Waals surface area contributed by atoms with E-state index in [9.17, 15) is 9.59 Å². The molecule has 3 rings (SSSR count). The van der Waals surface area contributed by atoms with Crippen LogP contribution in [-0.4, -0.2) is 39.1 Å². The SMILES string of the molecule is CC(=O)CN1C(=O)C(CCc2ccc3cccnc3n2)CC1C. The highest BCUT2D eigenvalue weighted by molar-refractivity contribution is 5.87. The van der Waals surface area contributed by atoms with Gasteiger partial charge in [-0.3, -0.25) is 9.59 Å². The van der Waals surface area contributed by atoms with E-state index in [1.807, 2.05) is 31.2 Å². The van der Waals surface area contributed by atoms with Gasteiger partial charge in [0.15, 0.2) is 5.65 Å². The highest BCUT2D eigenvalue weighted by Gasteiger charge is 2.36. The van der Waals surface area contributed by atoms with Crippen LogP contribution in [0, 0.1) is 5.92 Å². The molecule has 1 aliphatic rings. The van der Waals surface area contributed by atoms with Crippen molar-refractivity contribution in [1.29, 1.82) is 0 Å². The summed E-state index contributed by atoms with van der Waals surface area (Å²) in [6.45, 7) is 3.77. The highest BCUT2D eigenvalue weighted by Crippen LogP contribution is 2.28. The van der Waals surface area contributed by atoms with Gasteiger partial charge in [-0.05, 0) is 57.4 Å². The van der Waals surface area contributed by atoms with E-state index >= 15 is 0 Å². The van der Waals surface area contributed by atoms with Crippen molar-refractivity contribution >= 4 is 22.7 Å². The number of likely N-dealkylation sites (tertiary alicyclic amines) is 1. The number of Topliss-reactive ketones (excluding diaryl/α,β-unsaturated/α-hetero) is 1. The summed E-state index contributed by atoms with van der Waals surface area (Å²) in [5, 5.41) is 1.02. The summed E-state index contributed by atoms with van der Waals surface area (Å²) in [4.78, 5) is 34.3. The van der Waals surface area contributed by atoms with Gasteiger partial charge in [-0.25, -0.2) is 9.97 Å². The lowest BCUT2D eigenvalue weighted by atomic mass is 9.98. The zero-order chi connectivity index (χ0) is 16.4. The Labute approximate surface area is 135 Å². The van der Waals surface area contributed by atoms with Crippen LogP contribution in [0.15, 0.2) is 30.5 Å². The Hall–Kier alpha value is -2.30. The third kappa shape index (κ3) is 3.38. The number of hydrogen-bond donors (Lipinski definition) is 0. The Bertz CT molecular complexity index is 744. The van der Waals surface area contributed by atoms with Gasteiger partial charge in [0.2, 0.25) is 5.91 Å². The second-order valence-electron chi connectivity index (χ2n) is 6.34. The first-order valence-electron chi connectivity index (χ1n) is 8.05. The number of rotatable bonds is 5. The summed E-state index contributed by atoms with van der Waals surface area (Å²) in [5.41, 5.74) is 1.70. The fourth-order valence-electron chi connectivity index (χ4n) is 3.26. The summed E-state index contributed by atoms with van der Waals surface area (Å²) in [6.07, 6.45) is 4.07. The predicted molar refractivity (Wildman–Crippen MR) is 87.8 cm³/mol. The van der Waals surface area contributed by atoms with Crippen LogP contribution in [0.4, 0.5) is 0 Å². The molecule has 2 aromatic rings. The van der Waals surface area contributed by atoms with Crippen LogP contribution in [0.5, 0.6) is 0 Å². The van der Waals surface area contributed by atoms with Gasteiger partial charge in [-0.15, -0.1) is 0 Å². The lowest BCUT2D eigenvalue weighted by molar-refractivity contribution is -0.135. The molecule has 5 heteroatoms. The summed E-state index contributed by atoms with van der Waals surface area (Å²) in [7, 11) is 0. The first-order valence-corrected chi connectivity index (χ1v) is 8.05. The number of amides is 1. The lowest BCUT2D eigenvalue weighted by Crippen LogP contribution is -2.36. The van der Waals surface area contributed by atoms with Crippen molar-refractivity contribution in [2.45, 2.75) is 39.2 Å². The lowest BCUT2D eigenvalue weighted by Gasteiger charge is -2.19. The van der Waals surface area contributed by atoms with Crippen molar-refractivity contribution in [3.8, 4) is 0 Å². The van der Waals surface area contributed by atoms with Gasteiger partial charge < -0.3 is 4.90 Å². The Morgan fingerprint density at radius 3 is 2.96 bits per heavy atom. The molecular weight excluding hydrogens is 290 g/mol. The summed E-state index contributed by atoms with van der Waals surface area (Å²) in [6, 6.07) is 8.04. The normalized spacial score (nSPS) is 21.1. The van der Waals surface area contributed by atoms with Gasteiger partial charge in [0.1, 0.15) is 5.78 Å². The number of nitrogens with zero attached hydrogens (tertiary/aromatic N) is 3. The molecule has 0 N–H and O–H groups in total. The first-order chi connectivity index (χ1) is 11.0. The molecule has 2 unspecified atom stereocenters. The number of pyridine rings is 2. The number of aromatic nitrogens is 2. The van der Waals surface area contributed by atoms with Gasteiger partial charge >= 0.3 is 0 Å². The van der Waals surface area contributed by atoms with Crippen LogP contribution in [0.2, 0.25) is 0 Å². The largest absolute Gasteiger partial charge is 0.332 e. The van der Waals surface area contributed by atoms with E-state index in [1.165, 1.54) is 6.92 Å². The Kier molecular flexibility index (Phi) is 4.37. The first kappa shape index (κ1) is 15.6. The number of hydrogen-bond acceptors (Lipinski definition) is 4. The van der Waals surface area contributed by atoms with Crippen LogP contribution >= 0.6 is 0 Å². The maximum Gasteiger partial charge on any atom is 0.226 e. The summed E-state index contributed by atoms with van der Waals surface area (Å²) < 4.78 is 0. The zero-order valence-electron chi connectivity index (χ0n) is 13.5. The summed E-state index contributed by atoms with van der Waals surface area (Å²) in [5.74, 6) is 0.130. The third-order valence-corrected chi connectivity index (χ3v) is 4.45. The minimum atomic E-state index is -0.00872. The number of carbonyl (C=O) groups is 2. The second kappa shape index (κ2) is 6.44. The molecule has 1 saturated heterocycles. The molecule has 1 amide bonds. The standard InChI is InChI=1S/C18H21N3O2/c1-12-10-15(18(23)21(12)11-13(2)22)6-8-16-7-5-14-4-3-9-19-17(14)20-16/h3-5,7,9,12,15H,6,8,10-11H2,1-2H3. The smallest absolute Gasteiger partial charge is 0.226 e. The molecule has 0 radical (unpaired) electrons. The number of ketones is 1. The Morgan fingerprint density at radius 1 is 1.35 bits per heavy atom. The van der Waals surface area contributed by atoms with Crippen molar-refractivity contribution in [2.75, 3.05) is 6.54 Å². The van der Waals surface area contributed by atoms with E-state index in [4.69, 9.17) is 0 Å². The molecule has 120 valence electrons. The molecule has 0 aromatic carbocycles. The maximum absolute atomic E-state index is 12.4. The van der Waals surface area contributed by atoms with Crippen molar-refractivity contribution in [3.05, 3.63) is 36.2 Å². The molecule has 23 heavy (non-hydrogen) atoms. The van der Waals surface area contributed by atoms with E-state index in [1.54, 1.807) is 11.1 Å². The van der Waals surface area contributed by atoms with Gasteiger partial charge in [-0.2, -0.15) is 0 Å². The van der Waals surface area contributed by atoms with E-state index < -0.39 is 0 Å². The molecule has 1 aliphatic heterocycles. The van der Waals surface area contributed by atoms with Crippen molar-refractivity contribution < 1.29 is 9.59 Å². The van der Waals surface area contributed by atoms with Crippen LogP contribution in [0.25, 0.3) is 11.0 Å². The summed E-state index contributed by atoms with van der Waals surface area (Å²) >= 11 is 0. The average Bonchev–Trinajstić information content (AvgIpc) is 2.80. The van der Waals surface area contributed by atoms with Crippen LogP contribution < -0.4 is 0 Å². The zero-order valence-corrected chi connectivity index (χ0v) is 13.5. The van der Waals surface area contributed by atoms with E-state index in [0.717, 1.165) is 36.0 Å². The van der Waals surface area contributed by atoms with Crippen LogP contribution in [0.1, 0.15) is 32.4 Å². The highest BCUT2D eigenvalue weighted by atomic mass is 16.2. The molecule has 0 spiro atoms. The van der Waals surface area contributed by atoms with Crippen molar-refractivity contribution in [1.82, 2.24) is 14.9 Å². The predicted octanol–water partition coefficient (Wildman–Crippen LogP) is 2.39. The topological polar surface area (TPSA) is 63.2 Å². The van der Waals surface area contributed by atoms with Gasteiger partial charge in [0.05, 0.1) is 6.54 Å². The molecule has 5 nitrogen and oxygen atoms in total. The third-order valence-electron chi connectivity index (χ3n) is 4.45. The number of carbonyl (C=O) groups excluding carboxylic acids is 2.